The van der Waals surface area contributed by atoms with E-state index in [1.807, 2.05) is 12.1 Å². The molecule has 0 aliphatic rings. The van der Waals surface area contributed by atoms with Gasteiger partial charge in [-0.25, -0.2) is 0 Å². The van der Waals surface area contributed by atoms with Gasteiger partial charge in [0.1, 0.15) is 5.69 Å². The predicted octanol–water partition coefficient (Wildman–Crippen LogP) is 4.80. The quantitative estimate of drug-likeness (QED) is 0.497. The molecule has 1 N–H and O–H groups in total. The first-order valence-electron chi connectivity index (χ1n) is 5.05. The molecule has 0 radical (unpaired) electrons. The zero-order valence-corrected chi connectivity index (χ0v) is 16.5. The molecule has 98 valence electrons. The van der Waals surface area contributed by atoms with Crippen LogP contribution in [-0.2, 0) is 0 Å². The summed E-state index contributed by atoms with van der Waals surface area (Å²) in [6.07, 6.45) is 1.51. The number of hydrogen-bond donors (Lipinski definition) is 1. The van der Waals surface area contributed by atoms with Crippen molar-refractivity contribution in [2.45, 2.75) is 0 Å². The van der Waals surface area contributed by atoms with E-state index >= 15 is 0 Å². The largest absolute Gasteiger partial charge is 0.319 e. The third-order valence-corrected chi connectivity index (χ3v) is 4.76. The van der Waals surface area contributed by atoms with Crippen LogP contribution in [0.3, 0.4) is 0 Å². The minimum atomic E-state index is -0.264. The van der Waals surface area contributed by atoms with Crippen LogP contribution in [-0.4, -0.2) is 10.9 Å². The number of aromatic nitrogens is 1. The van der Waals surface area contributed by atoms with Gasteiger partial charge in [0.15, 0.2) is 0 Å². The van der Waals surface area contributed by atoms with Crippen molar-refractivity contribution in [3.05, 3.63) is 51.9 Å². The van der Waals surface area contributed by atoms with Gasteiger partial charge in [-0.15, -0.1) is 0 Å². The van der Waals surface area contributed by atoms with E-state index in [9.17, 15) is 4.79 Å². The monoisotopic (exact) mass is 610 g/mol. The van der Waals surface area contributed by atoms with E-state index in [1.165, 1.54) is 6.20 Å². The first kappa shape index (κ1) is 15.7. The summed E-state index contributed by atoms with van der Waals surface area (Å²) in [4.78, 5) is 16.1. The van der Waals surface area contributed by atoms with Crippen molar-refractivity contribution in [2.24, 2.45) is 0 Å². The molecule has 1 amide bonds. The van der Waals surface area contributed by atoms with Gasteiger partial charge in [-0.05, 0) is 92.0 Å². The molecule has 0 saturated heterocycles. The lowest BCUT2D eigenvalue weighted by Gasteiger charge is -2.10. The first-order valence-corrected chi connectivity index (χ1v) is 8.66. The van der Waals surface area contributed by atoms with Crippen molar-refractivity contribution in [1.82, 2.24) is 4.98 Å². The fourth-order valence-corrected chi connectivity index (χ4v) is 5.38. The van der Waals surface area contributed by atoms with Gasteiger partial charge < -0.3 is 5.32 Å². The Balaban J connectivity index is 2.29. The smallest absolute Gasteiger partial charge is 0.274 e. The highest BCUT2D eigenvalue weighted by molar-refractivity contribution is 14.1. The average Bonchev–Trinajstić information content (AvgIpc) is 2.33. The van der Waals surface area contributed by atoms with E-state index in [2.05, 4.69) is 78.1 Å². The second kappa shape index (κ2) is 6.85. The van der Waals surface area contributed by atoms with E-state index < -0.39 is 0 Å². The van der Waals surface area contributed by atoms with E-state index in [0.29, 0.717) is 10.7 Å². The van der Waals surface area contributed by atoms with Crippen molar-refractivity contribution in [3.8, 4) is 0 Å². The lowest BCUT2D eigenvalue weighted by atomic mass is 10.3. The molecule has 1 heterocycles. The van der Waals surface area contributed by atoms with Crippen molar-refractivity contribution < 1.29 is 4.79 Å². The SMILES string of the molecule is O=C(Nc1c(I)cc(I)cc1I)c1cc(Cl)ccn1. The molecule has 0 spiro atoms. The Hall–Kier alpha value is 0.320. The van der Waals surface area contributed by atoms with Gasteiger partial charge in [-0.2, -0.15) is 0 Å². The lowest BCUT2D eigenvalue weighted by molar-refractivity contribution is 0.102. The summed E-state index contributed by atoms with van der Waals surface area (Å²) in [6.45, 7) is 0. The summed E-state index contributed by atoms with van der Waals surface area (Å²) in [7, 11) is 0. The van der Waals surface area contributed by atoms with E-state index in [1.54, 1.807) is 12.1 Å². The number of anilines is 1. The van der Waals surface area contributed by atoms with Gasteiger partial charge in [0.25, 0.3) is 5.91 Å². The lowest BCUT2D eigenvalue weighted by Crippen LogP contribution is -2.15. The molecule has 2 rings (SSSR count). The molecule has 0 aliphatic carbocycles. The Bertz CT molecular complexity index is 626. The topological polar surface area (TPSA) is 42.0 Å². The number of amides is 1. The van der Waals surface area contributed by atoms with Crippen LogP contribution in [0.2, 0.25) is 5.02 Å². The first-order chi connectivity index (χ1) is 8.97. The Morgan fingerprint density at radius 3 is 2.37 bits per heavy atom. The molecule has 1 aromatic heterocycles. The Kier molecular flexibility index (Phi) is 5.66. The number of carbonyl (C=O) groups is 1. The van der Waals surface area contributed by atoms with Crippen molar-refractivity contribution in [3.63, 3.8) is 0 Å². The van der Waals surface area contributed by atoms with Crippen LogP contribution >= 0.6 is 79.4 Å². The molecule has 0 aliphatic heterocycles. The third-order valence-electron chi connectivity index (χ3n) is 2.20. The Morgan fingerprint density at radius 2 is 1.79 bits per heavy atom. The van der Waals surface area contributed by atoms with Crippen LogP contribution in [0.5, 0.6) is 0 Å². The summed E-state index contributed by atoms with van der Waals surface area (Å²) < 4.78 is 3.11. The van der Waals surface area contributed by atoms with Crippen LogP contribution in [0, 0.1) is 10.7 Å². The number of nitrogens with zero attached hydrogens (tertiary/aromatic N) is 1. The molecule has 2 aromatic rings. The number of carbonyl (C=O) groups excluding carboxylic acids is 1. The van der Waals surface area contributed by atoms with Crippen molar-refractivity contribution >= 4 is 91.0 Å². The number of halogens is 4. The fraction of sp³-hybridized carbons (Fsp3) is 0. The molecule has 0 bridgehead atoms. The van der Waals surface area contributed by atoms with Crippen LogP contribution in [0.15, 0.2) is 30.5 Å². The Labute approximate surface area is 156 Å². The van der Waals surface area contributed by atoms with E-state index in [0.717, 1.165) is 16.4 Å². The van der Waals surface area contributed by atoms with Gasteiger partial charge in [0.2, 0.25) is 0 Å². The summed E-state index contributed by atoms with van der Waals surface area (Å²) in [5, 5.41) is 3.36. The van der Waals surface area contributed by atoms with Crippen molar-refractivity contribution in [2.75, 3.05) is 5.32 Å². The Morgan fingerprint density at radius 1 is 1.16 bits per heavy atom. The molecular weight excluding hydrogens is 604 g/mol. The molecule has 0 saturated carbocycles. The summed E-state index contributed by atoms with van der Waals surface area (Å²) in [5.74, 6) is -0.264. The second-order valence-corrected chi connectivity index (χ2v) is 7.56. The third kappa shape index (κ3) is 4.14. The maximum Gasteiger partial charge on any atom is 0.274 e. The van der Waals surface area contributed by atoms with Gasteiger partial charge in [0, 0.05) is 21.9 Å². The minimum Gasteiger partial charge on any atom is -0.319 e. The molecule has 0 fully saturated rings. The number of benzene rings is 1. The van der Waals surface area contributed by atoms with E-state index in [-0.39, 0.29) is 5.91 Å². The highest BCUT2D eigenvalue weighted by atomic mass is 127. The second-order valence-electron chi connectivity index (χ2n) is 3.56. The zero-order valence-electron chi connectivity index (χ0n) is 9.25. The zero-order chi connectivity index (χ0) is 14.0. The van der Waals surface area contributed by atoms with Gasteiger partial charge in [-0.1, -0.05) is 11.6 Å². The molecule has 3 nitrogen and oxygen atoms in total. The van der Waals surface area contributed by atoms with Crippen molar-refractivity contribution in [1.29, 1.82) is 0 Å². The summed E-state index contributed by atoms with van der Waals surface area (Å²) in [5.41, 5.74) is 1.10. The van der Waals surface area contributed by atoms with Crippen LogP contribution in [0.25, 0.3) is 0 Å². The highest BCUT2D eigenvalue weighted by Gasteiger charge is 2.13. The van der Waals surface area contributed by atoms with Crippen LogP contribution < -0.4 is 5.32 Å². The fourth-order valence-electron chi connectivity index (χ4n) is 1.37. The molecule has 19 heavy (non-hydrogen) atoms. The highest BCUT2D eigenvalue weighted by Crippen LogP contribution is 2.27. The number of nitrogens with one attached hydrogen (secondary N) is 1. The number of pyridine rings is 1. The summed E-state index contributed by atoms with van der Waals surface area (Å²) >= 11 is 12.5. The minimum absolute atomic E-state index is 0.264. The molecule has 0 unspecified atom stereocenters. The van der Waals surface area contributed by atoms with E-state index in [4.69, 9.17) is 11.6 Å². The molecule has 1 aromatic carbocycles. The van der Waals surface area contributed by atoms with Crippen LogP contribution in [0.4, 0.5) is 5.69 Å². The molecule has 7 heteroatoms. The maximum absolute atomic E-state index is 12.1. The normalized spacial score (nSPS) is 10.3. The van der Waals surface area contributed by atoms with Gasteiger partial charge >= 0.3 is 0 Å². The average molecular weight is 610 g/mol. The number of hydrogen-bond acceptors (Lipinski definition) is 2. The predicted molar refractivity (Wildman–Crippen MR) is 102 cm³/mol. The number of rotatable bonds is 2. The van der Waals surface area contributed by atoms with Crippen LogP contribution in [0.1, 0.15) is 10.5 Å². The maximum atomic E-state index is 12.1. The standard InChI is InChI=1S/C12H6ClI3N2O/c13-6-1-2-17-10(3-6)12(19)18-11-8(15)4-7(14)5-9(11)16/h1-5H,(H,18,19). The molecule has 0 atom stereocenters. The molecular formula is C12H6ClI3N2O. The van der Waals surface area contributed by atoms with Gasteiger partial charge in [0.05, 0.1) is 5.69 Å². The van der Waals surface area contributed by atoms with Gasteiger partial charge in [-0.3, -0.25) is 9.78 Å². The summed E-state index contributed by atoms with van der Waals surface area (Å²) in [6, 6.07) is 7.19.